The molecule has 0 atom stereocenters. The lowest BCUT2D eigenvalue weighted by Gasteiger charge is -2.17. The lowest BCUT2D eigenvalue weighted by atomic mass is 10.0. The van der Waals surface area contributed by atoms with E-state index in [1.807, 2.05) is 60.9 Å². The van der Waals surface area contributed by atoms with E-state index in [1.54, 1.807) is 28.4 Å². The molecule has 4 aromatic rings. The number of aromatic nitrogens is 2. The van der Waals surface area contributed by atoms with Crippen molar-refractivity contribution in [3.8, 4) is 45.5 Å². The highest BCUT2D eigenvalue weighted by Gasteiger charge is 2.22. The molecule has 0 aliphatic heterocycles. The SMILES string of the molecule is COc1ccc(-c2ncn(Cc3ccccc3)c2-c2cc(OC)c(OC)cc2OC)cc1. The Hall–Kier alpha value is -3.93. The van der Waals surface area contributed by atoms with Gasteiger partial charge in [0.1, 0.15) is 11.5 Å². The fraction of sp³-hybridized carbons (Fsp3) is 0.192. The number of rotatable bonds is 8. The minimum absolute atomic E-state index is 0.605. The van der Waals surface area contributed by atoms with Crippen molar-refractivity contribution in [1.29, 1.82) is 0 Å². The van der Waals surface area contributed by atoms with E-state index in [2.05, 4.69) is 16.7 Å². The maximum atomic E-state index is 5.75. The van der Waals surface area contributed by atoms with Gasteiger partial charge in [-0.15, -0.1) is 0 Å². The molecule has 6 heteroatoms. The van der Waals surface area contributed by atoms with E-state index in [0.717, 1.165) is 28.3 Å². The van der Waals surface area contributed by atoms with Crippen molar-refractivity contribution in [2.24, 2.45) is 0 Å². The Bertz CT molecular complexity index is 1180. The Balaban J connectivity index is 1.92. The highest BCUT2D eigenvalue weighted by molar-refractivity contribution is 5.83. The molecule has 1 aromatic heterocycles. The van der Waals surface area contributed by atoms with E-state index >= 15 is 0 Å². The van der Waals surface area contributed by atoms with Crippen LogP contribution in [0.15, 0.2) is 73.1 Å². The van der Waals surface area contributed by atoms with Crippen LogP contribution in [0.25, 0.3) is 22.5 Å². The van der Waals surface area contributed by atoms with E-state index in [0.29, 0.717) is 23.8 Å². The lowest BCUT2D eigenvalue weighted by Crippen LogP contribution is -2.03. The number of hydrogen-bond donors (Lipinski definition) is 0. The molecule has 1 heterocycles. The zero-order chi connectivity index (χ0) is 22.5. The molecule has 0 aliphatic carbocycles. The molecule has 3 aromatic carbocycles. The first-order valence-corrected chi connectivity index (χ1v) is 10.2. The summed E-state index contributed by atoms with van der Waals surface area (Å²) >= 11 is 0. The Labute approximate surface area is 188 Å². The third-order valence-corrected chi connectivity index (χ3v) is 5.36. The van der Waals surface area contributed by atoms with E-state index in [-0.39, 0.29) is 0 Å². The van der Waals surface area contributed by atoms with Crippen molar-refractivity contribution in [2.75, 3.05) is 28.4 Å². The lowest BCUT2D eigenvalue weighted by molar-refractivity contribution is 0.349. The average Bonchev–Trinajstić information content (AvgIpc) is 3.26. The highest BCUT2D eigenvalue weighted by Crippen LogP contribution is 2.43. The fourth-order valence-electron chi connectivity index (χ4n) is 3.74. The molecule has 0 spiro atoms. The zero-order valence-electron chi connectivity index (χ0n) is 18.7. The summed E-state index contributed by atoms with van der Waals surface area (Å²) in [7, 11) is 6.54. The third kappa shape index (κ3) is 4.12. The van der Waals surface area contributed by atoms with Crippen LogP contribution in [0.3, 0.4) is 0 Å². The standard InChI is InChI=1S/C26H26N2O4/c1-29-20-12-10-19(11-13-20)25-26(28(17-27-25)16-18-8-6-5-7-9-18)21-14-23(31-3)24(32-4)15-22(21)30-2/h5-15,17H,16H2,1-4H3. The van der Waals surface area contributed by atoms with Crippen LogP contribution in [-0.4, -0.2) is 38.0 Å². The minimum Gasteiger partial charge on any atom is -0.497 e. The second-order valence-electron chi connectivity index (χ2n) is 7.19. The van der Waals surface area contributed by atoms with Crippen LogP contribution in [-0.2, 0) is 6.54 Å². The Kier molecular flexibility index (Phi) is 6.31. The molecule has 0 N–H and O–H groups in total. The van der Waals surface area contributed by atoms with Crippen LogP contribution in [0.2, 0.25) is 0 Å². The van der Waals surface area contributed by atoms with Gasteiger partial charge in [0.25, 0.3) is 0 Å². The number of hydrogen-bond acceptors (Lipinski definition) is 5. The third-order valence-electron chi connectivity index (χ3n) is 5.36. The number of ether oxygens (including phenoxy) is 4. The van der Waals surface area contributed by atoms with Gasteiger partial charge < -0.3 is 23.5 Å². The van der Waals surface area contributed by atoms with Crippen LogP contribution in [0, 0.1) is 0 Å². The first-order valence-electron chi connectivity index (χ1n) is 10.2. The number of nitrogens with zero attached hydrogens (tertiary/aromatic N) is 2. The summed E-state index contributed by atoms with van der Waals surface area (Å²) in [5.41, 5.74) is 4.78. The first-order chi connectivity index (χ1) is 15.7. The van der Waals surface area contributed by atoms with Gasteiger partial charge in [-0.2, -0.15) is 0 Å². The summed E-state index contributed by atoms with van der Waals surface area (Å²) in [6.07, 6.45) is 1.86. The normalized spacial score (nSPS) is 10.6. The smallest absolute Gasteiger partial charge is 0.164 e. The summed E-state index contributed by atoms with van der Waals surface area (Å²) in [6, 6.07) is 21.9. The minimum atomic E-state index is 0.605. The van der Waals surface area contributed by atoms with E-state index in [1.165, 1.54) is 5.56 Å². The zero-order valence-corrected chi connectivity index (χ0v) is 18.7. The summed E-state index contributed by atoms with van der Waals surface area (Å²) in [4.78, 5) is 4.78. The van der Waals surface area contributed by atoms with Gasteiger partial charge in [-0.3, -0.25) is 0 Å². The van der Waals surface area contributed by atoms with Crippen molar-refractivity contribution in [3.63, 3.8) is 0 Å². The van der Waals surface area contributed by atoms with Crippen LogP contribution in [0.4, 0.5) is 0 Å². The molecular weight excluding hydrogens is 404 g/mol. The Morgan fingerprint density at radius 2 is 1.38 bits per heavy atom. The molecular formula is C26H26N2O4. The maximum absolute atomic E-state index is 5.75. The van der Waals surface area contributed by atoms with Gasteiger partial charge in [-0.05, 0) is 35.9 Å². The predicted octanol–water partition coefficient (Wildman–Crippen LogP) is 5.30. The molecule has 4 rings (SSSR count). The van der Waals surface area contributed by atoms with Gasteiger partial charge in [-0.1, -0.05) is 30.3 Å². The topological polar surface area (TPSA) is 54.7 Å². The van der Waals surface area contributed by atoms with Gasteiger partial charge in [0.05, 0.1) is 46.2 Å². The largest absolute Gasteiger partial charge is 0.497 e. The molecule has 0 radical (unpaired) electrons. The maximum Gasteiger partial charge on any atom is 0.164 e. The number of benzene rings is 3. The first kappa shape index (κ1) is 21.3. The Morgan fingerprint density at radius 1 is 0.719 bits per heavy atom. The van der Waals surface area contributed by atoms with Gasteiger partial charge in [0, 0.05) is 23.7 Å². The van der Waals surface area contributed by atoms with Crippen molar-refractivity contribution in [1.82, 2.24) is 9.55 Å². The predicted molar refractivity (Wildman–Crippen MR) is 125 cm³/mol. The Morgan fingerprint density at radius 3 is 2.00 bits per heavy atom. The quantitative estimate of drug-likeness (QED) is 0.380. The molecule has 164 valence electrons. The highest BCUT2D eigenvalue weighted by atomic mass is 16.5. The molecule has 0 saturated carbocycles. The van der Waals surface area contributed by atoms with E-state index < -0.39 is 0 Å². The van der Waals surface area contributed by atoms with E-state index in [4.69, 9.17) is 23.9 Å². The summed E-state index contributed by atoms with van der Waals surface area (Å²) in [5.74, 6) is 2.69. The fourth-order valence-corrected chi connectivity index (χ4v) is 3.74. The molecule has 0 saturated heterocycles. The van der Waals surface area contributed by atoms with Crippen molar-refractivity contribution < 1.29 is 18.9 Å². The summed E-state index contributed by atoms with van der Waals surface area (Å²) < 4.78 is 24.2. The number of methoxy groups -OCH3 is 4. The molecule has 32 heavy (non-hydrogen) atoms. The van der Waals surface area contributed by atoms with Crippen LogP contribution < -0.4 is 18.9 Å². The second kappa shape index (κ2) is 9.47. The average molecular weight is 431 g/mol. The molecule has 0 aliphatic rings. The summed E-state index contributed by atoms with van der Waals surface area (Å²) in [5, 5.41) is 0. The molecule has 0 amide bonds. The second-order valence-corrected chi connectivity index (χ2v) is 7.19. The molecule has 0 bridgehead atoms. The number of imidazole rings is 1. The van der Waals surface area contributed by atoms with Gasteiger partial charge >= 0.3 is 0 Å². The van der Waals surface area contributed by atoms with Gasteiger partial charge in [0.2, 0.25) is 0 Å². The van der Waals surface area contributed by atoms with Crippen molar-refractivity contribution in [2.45, 2.75) is 6.54 Å². The van der Waals surface area contributed by atoms with Crippen LogP contribution >= 0.6 is 0 Å². The van der Waals surface area contributed by atoms with Crippen molar-refractivity contribution >= 4 is 0 Å². The van der Waals surface area contributed by atoms with Crippen LogP contribution in [0.1, 0.15) is 5.56 Å². The summed E-state index contributed by atoms with van der Waals surface area (Å²) in [6.45, 7) is 0.664. The monoisotopic (exact) mass is 430 g/mol. The van der Waals surface area contributed by atoms with Gasteiger partial charge in [0.15, 0.2) is 11.5 Å². The molecule has 0 unspecified atom stereocenters. The van der Waals surface area contributed by atoms with Crippen LogP contribution in [0.5, 0.6) is 23.0 Å². The van der Waals surface area contributed by atoms with Crippen molar-refractivity contribution in [3.05, 3.63) is 78.6 Å². The van der Waals surface area contributed by atoms with Gasteiger partial charge in [-0.25, -0.2) is 4.98 Å². The molecule has 6 nitrogen and oxygen atoms in total. The van der Waals surface area contributed by atoms with E-state index in [9.17, 15) is 0 Å². The molecule has 0 fully saturated rings.